The van der Waals surface area contributed by atoms with Crippen molar-refractivity contribution >= 4 is 17.6 Å². The van der Waals surface area contributed by atoms with Crippen LogP contribution in [0, 0.1) is 0 Å². The minimum absolute atomic E-state index is 0.000113. The van der Waals surface area contributed by atoms with Crippen LogP contribution >= 0.6 is 0 Å². The number of nitrogens with zero attached hydrogens (tertiary/aromatic N) is 1. The molecule has 0 saturated heterocycles. The number of ether oxygens (including phenoxy) is 1. The molecule has 5 nitrogen and oxygen atoms in total. The highest BCUT2D eigenvalue weighted by Crippen LogP contribution is 2.36. The summed E-state index contributed by atoms with van der Waals surface area (Å²) in [7, 11) is 0. The van der Waals surface area contributed by atoms with Crippen LogP contribution in [0.4, 0.5) is 5.69 Å². The van der Waals surface area contributed by atoms with Crippen molar-refractivity contribution in [3.8, 4) is 5.75 Å². The van der Waals surface area contributed by atoms with E-state index < -0.39 is 12.1 Å². The molecule has 0 fully saturated rings. The van der Waals surface area contributed by atoms with Crippen molar-refractivity contribution in [1.82, 2.24) is 0 Å². The number of aromatic carboxylic acids is 1. The summed E-state index contributed by atoms with van der Waals surface area (Å²) in [6.07, 6.45) is 0.0117. The number of amides is 1. The first kappa shape index (κ1) is 13.4. The number of hydrogen-bond donors (Lipinski definition) is 1. The van der Waals surface area contributed by atoms with Gasteiger partial charge in [0.05, 0.1) is 11.3 Å². The number of benzene rings is 1. The lowest BCUT2D eigenvalue weighted by Crippen LogP contribution is -2.48. The third-order valence-corrected chi connectivity index (χ3v) is 3.14. The van der Waals surface area contributed by atoms with E-state index in [0.717, 1.165) is 0 Å². The van der Waals surface area contributed by atoms with E-state index in [1.54, 1.807) is 11.0 Å². The lowest BCUT2D eigenvalue weighted by molar-refractivity contribution is -0.126. The summed E-state index contributed by atoms with van der Waals surface area (Å²) in [5.74, 6) is -0.624. The minimum atomic E-state index is -1.01. The molecule has 0 aliphatic carbocycles. The van der Waals surface area contributed by atoms with Crippen LogP contribution in [-0.4, -0.2) is 29.1 Å². The normalized spacial score (nSPS) is 18.2. The Kier molecular flexibility index (Phi) is 3.46. The molecule has 0 bridgehead atoms. The first-order valence-corrected chi connectivity index (χ1v) is 6.32. The van der Waals surface area contributed by atoms with Gasteiger partial charge in [-0.3, -0.25) is 4.79 Å². The molecule has 1 aromatic carbocycles. The summed E-state index contributed by atoms with van der Waals surface area (Å²) < 4.78 is 5.61. The van der Waals surface area contributed by atoms with Gasteiger partial charge < -0.3 is 14.7 Å². The minimum Gasteiger partial charge on any atom is -0.478 e. The highest BCUT2D eigenvalue weighted by atomic mass is 16.5. The van der Waals surface area contributed by atoms with Gasteiger partial charge in [-0.25, -0.2) is 4.79 Å². The van der Waals surface area contributed by atoms with Crippen LogP contribution in [0.2, 0.25) is 0 Å². The van der Waals surface area contributed by atoms with Gasteiger partial charge in [0.1, 0.15) is 5.75 Å². The Morgan fingerprint density at radius 2 is 2.16 bits per heavy atom. The largest absolute Gasteiger partial charge is 0.478 e. The Morgan fingerprint density at radius 3 is 2.68 bits per heavy atom. The Morgan fingerprint density at radius 1 is 1.47 bits per heavy atom. The van der Waals surface area contributed by atoms with Gasteiger partial charge >= 0.3 is 5.97 Å². The molecule has 1 atom stereocenters. The molecule has 2 rings (SSSR count). The van der Waals surface area contributed by atoms with Gasteiger partial charge in [-0.15, -0.1) is 0 Å². The van der Waals surface area contributed by atoms with Gasteiger partial charge in [0.2, 0.25) is 0 Å². The zero-order valence-electron chi connectivity index (χ0n) is 11.2. The van der Waals surface area contributed by atoms with E-state index in [4.69, 9.17) is 9.84 Å². The molecule has 0 radical (unpaired) electrons. The standard InChI is InChI=1S/C14H17NO4/c1-4-11-13(16)15(8(2)3)10-6-5-9(14(17)18)7-12(10)19-11/h5-8,11H,4H2,1-3H3,(H,17,18)/t11-/m1/s1. The maximum Gasteiger partial charge on any atom is 0.335 e. The zero-order valence-corrected chi connectivity index (χ0v) is 11.2. The summed E-state index contributed by atoms with van der Waals surface area (Å²) >= 11 is 0. The zero-order chi connectivity index (χ0) is 14.2. The second-order valence-electron chi connectivity index (χ2n) is 4.80. The molecule has 1 heterocycles. The third-order valence-electron chi connectivity index (χ3n) is 3.14. The fraction of sp³-hybridized carbons (Fsp3) is 0.429. The summed E-state index contributed by atoms with van der Waals surface area (Å²) in [6, 6.07) is 4.59. The van der Waals surface area contributed by atoms with Crippen molar-refractivity contribution in [2.45, 2.75) is 39.3 Å². The fourth-order valence-corrected chi connectivity index (χ4v) is 2.21. The Balaban J connectivity index is 2.51. The van der Waals surface area contributed by atoms with E-state index in [0.29, 0.717) is 17.9 Å². The number of carboxylic acid groups (broad SMARTS) is 1. The molecule has 19 heavy (non-hydrogen) atoms. The number of carbonyl (C=O) groups excluding carboxylic acids is 1. The molecule has 0 aromatic heterocycles. The van der Waals surface area contributed by atoms with E-state index in [1.807, 2.05) is 20.8 Å². The number of carbonyl (C=O) groups is 2. The van der Waals surface area contributed by atoms with Crippen LogP contribution in [0.1, 0.15) is 37.6 Å². The van der Waals surface area contributed by atoms with Crippen LogP contribution < -0.4 is 9.64 Å². The smallest absolute Gasteiger partial charge is 0.335 e. The lowest BCUT2D eigenvalue weighted by atomic mass is 10.1. The van der Waals surface area contributed by atoms with Gasteiger partial charge in [0.25, 0.3) is 5.91 Å². The van der Waals surface area contributed by atoms with E-state index in [9.17, 15) is 9.59 Å². The molecular formula is C14H17NO4. The Hall–Kier alpha value is -2.04. The predicted molar refractivity (Wildman–Crippen MR) is 70.7 cm³/mol. The number of anilines is 1. The molecule has 0 saturated carbocycles. The van der Waals surface area contributed by atoms with Gasteiger partial charge in [-0.05, 0) is 38.5 Å². The summed E-state index contributed by atoms with van der Waals surface area (Å²) in [6.45, 7) is 5.71. The van der Waals surface area contributed by atoms with E-state index in [1.165, 1.54) is 12.1 Å². The third kappa shape index (κ3) is 2.28. The topological polar surface area (TPSA) is 66.8 Å². The van der Waals surface area contributed by atoms with Crippen LogP contribution in [-0.2, 0) is 4.79 Å². The number of fused-ring (bicyclic) bond motifs is 1. The van der Waals surface area contributed by atoms with Crippen molar-refractivity contribution in [3.05, 3.63) is 23.8 Å². The number of hydrogen-bond acceptors (Lipinski definition) is 3. The van der Waals surface area contributed by atoms with E-state index in [2.05, 4.69) is 0 Å². The molecule has 1 aromatic rings. The van der Waals surface area contributed by atoms with Crippen LogP contribution in [0.15, 0.2) is 18.2 Å². The van der Waals surface area contributed by atoms with Crippen molar-refractivity contribution in [1.29, 1.82) is 0 Å². The van der Waals surface area contributed by atoms with Crippen molar-refractivity contribution in [2.24, 2.45) is 0 Å². The lowest BCUT2D eigenvalue weighted by Gasteiger charge is -2.36. The average Bonchev–Trinajstić information content (AvgIpc) is 2.36. The maximum atomic E-state index is 12.3. The SMILES string of the molecule is CC[C@H]1Oc2cc(C(=O)O)ccc2N(C(C)C)C1=O. The molecule has 0 spiro atoms. The van der Waals surface area contributed by atoms with Gasteiger partial charge in [0.15, 0.2) is 6.10 Å². The van der Waals surface area contributed by atoms with E-state index in [-0.39, 0.29) is 17.5 Å². The predicted octanol–water partition coefficient (Wildman–Crippen LogP) is 2.30. The van der Waals surface area contributed by atoms with Gasteiger partial charge in [-0.2, -0.15) is 0 Å². The molecular weight excluding hydrogens is 246 g/mol. The van der Waals surface area contributed by atoms with Crippen molar-refractivity contribution in [3.63, 3.8) is 0 Å². The van der Waals surface area contributed by atoms with Gasteiger partial charge in [-0.1, -0.05) is 6.92 Å². The number of carboxylic acids is 1. The Bertz CT molecular complexity index is 524. The maximum absolute atomic E-state index is 12.3. The quantitative estimate of drug-likeness (QED) is 0.908. The molecule has 1 aliphatic rings. The molecule has 1 amide bonds. The van der Waals surface area contributed by atoms with Crippen LogP contribution in [0.25, 0.3) is 0 Å². The van der Waals surface area contributed by atoms with E-state index >= 15 is 0 Å². The van der Waals surface area contributed by atoms with Crippen molar-refractivity contribution < 1.29 is 19.4 Å². The van der Waals surface area contributed by atoms with Crippen LogP contribution in [0.5, 0.6) is 5.75 Å². The van der Waals surface area contributed by atoms with Gasteiger partial charge in [0, 0.05) is 6.04 Å². The second-order valence-corrected chi connectivity index (χ2v) is 4.80. The fourth-order valence-electron chi connectivity index (χ4n) is 2.21. The molecule has 0 unspecified atom stereocenters. The average molecular weight is 263 g/mol. The second kappa shape index (κ2) is 4.91. The van der Waals surface area contributed by atoms with Crippen LogP contribution in [0.3, 0.4) is 0 Å². The first-order chi connectivity index (χ1) is 8.95. The highest BCUT2D eigenvalue weighted by Gasteiger charge is 2.35. The molecule has 5 heteroatoms. The summed E-state index contributed by atoms with van der Waals surface area (Å²) in [5, 5.41) is 9.00. The first-order valence-electron chi connectivity index (χ1n) is 6.32. The Labute approximate surface area is 111 Å². The summed E-state index contributed by atoms with van der Waals surface area (Å²) in [5.41, 5.74) is 0.793. The molecule has 1 aliphatic heterocycles. The number of rotatable bonds is 3. The summed E-state index contributed by atoms with van der Waals surface area (Å²) in [4.78, 5) is 24.9. The highest BCUT2D eigenvalue weighted by molar-refractivity contribution is 6.01. The monoisotopic (exact) mass is 263 g/mol. The molecule has 1 N–H and O–H groups in total. The van der Waals surface area contributed by atoms with Crippen molar-refractivity contribution in [2.75, 3.05) is 4.90 Å². The molecule has 102 valence electrons.